The highest BCUT2D eigenvalue weighted by Crippen LogP contribution is 2.22. The number of hydroxylamine groups is 2. The second-order valence-electron chi connectivity index (χ2n) is 4.60. The van der Waals surface area contributed by atoms with Gasteiger partial charge in [0, 0.05) is 22.7 Å². The van der Waals surface area contributed by atoms with Crippen LogP contribution in [0, 0.1) is 0 Å². The van der Waals surface area contributed by atoms with Gasteiger partial charge in [0.1, 0.15) is 0 Å². The maximum absolute atomic E-state index is 11.7. The Morgan fingerprint density at radius 3 is 2.62 bits per heavy atom. The average molecular weight is 348 g/mol. The van der Waals surface area contributed by atoms with Crippen molar-refractivity contribution >= 4 is 47.8 Å². The lowest BCUT2D eigenvalue weighted by Gasteiger charge is -2.12. The predicted molar refractivity (Wildman–Crippen MR) is 91.3 cm³/mol. The van der Waals surface area contributed by atoms with Crippen molar-refractivity contribution in [3.63, 3.8) is 0 Å². The molecule has 3 nitrogen and oxygen atoms in total. The van der Waals surface area contributed by atoms with Crippen molar-refractivity contribution in [2.75, 3.05) is 12.3 Å². The van der Waals surface area contributed by atoms with E-state index >= 15 is 0 Å². The molecule has 1 aromatic rings. The molecular formula is C15H19Cl2NO2S. The highest BCUT2D eigenvalue weighted by atomic mass is 35.5. The van der Waals surface area contributed by atoms with Gasteiger partial charge in [-0.25, -0.2) is 5.06 Å². The summed E-state index contributed by atoms with van der Waals surface area (Å²) in [5.41, 5.74) is 0.677. The van der Waals surface area contributed by atoms with Crippen LogP contribution in [0.2, 0.25) is 10.0 Å². The molecular weight excluding hydrogens is 329 g/mol. The van der Waals surface area contributed by atoms with E-state index in [0.717, 1.165) is 36.5 Å². The lowest BCUT2D eigenvalue weighted by molar-refractivity contribution is -0.159. The molecule has 0 aliphatic rings. The molecule has 0 bridgehead atoms. The highest BCUT2D eigenvalue weighted by molar-refractivity contribution is 7.80. The van der Waals surface area contributed by atoms with E-state index < -0.39 is 5.91 Å². The van der Waals surface area contributed by atoms with Crippen molar-refractivity contribution in [2.45, 2.75) is 25.7 Å². The molecule has 0 saturated carbocycles. The summed E-state index contributed by atoms with van der Waals surface area (Å²) in [6.45, 7) is 0.324. The zero-order valence-electron chi connectivity index (χ0n) is 11.6. The molecule has 0 aliphatic heterocycles. The number of hydrogen-bond donors (Lipinski definition) is 2. The molecule has 0 heterocycles. The summed E-state index contributed by atoms with van der Waals surface area (Å²) in [5, 5.41) is 11.3. The Labute approximate surface area is 140 Å². The molecule has 1 rings (SSSR count). The van der Waals surface area contributed by atoms with E-state index in [0.29, 0.717) is 22.2 Å². The summed E-state index contributed by atoms with van der Waals surface area (Å²) in [6, 6.07) is 5.01. The summed E-state index contributed by atoms with van der Waals surface area (Å²) < 4.78 is 0. The smallest absolute Gasteiger partial charge is 0.269 e. The zero-order chi connectivity index (χ0) is 15.7. The first-order valence-corrected chi connectivity index (χ1v) is 8.18. The summed E-state index contributed by atoms with van der Waals surface area (Å²) in [6.07, 6.45) is 6.70. The average Bonchev–Trinajstić information content (AvgIpc) is 2.45. The van der Waals surface area contributed by atoms with Crippen LogP contribution in [-0.4, -0.2) is 28.5 Å². The molecule has 0 fully saturated rings. The maximum atomic E-state index is 11.7. The van der Waals surface area contributed by atoms with Crippen LogP contribution in [0.15, 0.2) is 24.3 Å². The minimum absolute atomic E-state index is 0.324. The Morgan fingerprint density at radius 1 is 1.24 bits per heavy atom. The van der Waals surface area contributed by atoms with Gasteiger partial charge in [-0.2, -0.15) is 12.6 Å². The van der Waals surface area contributed by atoms with E-state index in [-0.39, 0.29) is 0 Å². The number of nitrogens with zero attached hydrogens (tertiary/aromatic N) is 1. The third kappa shape index (κ3) is 7.23. The zero-order valence-corrected chi connectivity index (χ0v) is 14.0. The molecule has 6 heteroatoms. The SMILES string of the molecule is O=C(/C=C/c1ccc(Cl)cc1Cl)N(O)CCCCCCS. The molecule has 0 atom stereocenters. The van der Waals surface area contributed by atoms with E-state index in [4.69, 9.17) is 23.2 Å². The first-order valence-electron chi connectivity index (χ1n) is 6.79. The van der Waals surface area contributed by atoms with Crippen LogP contribution in [0.5, 0.6) is 0 Å². The van der Waals surface area contributed by atoms with Crippen molar-refractivity contribution in [1.29, 1.82) is 0 Å². The van der Waals surface area contributed by atoms with Crippen LogP contribution in [0.1, 0.15) is 31.2 Å². The van der Waals surface area contributed by atoms with Crippen molar-refractivity contribution in [3.05, 3.63) is 39.9 Å². The minimum Gasteiger partial charge on any atom is -0.286 e. The summed E-state index contributed by atoms with van der Waals surface area (Å²) >= 11 is 15.9. The molecule has 0 saturated heterocycles. The molecule has 0 spiro atoms. The molecule has 1 N–H and O–H groups in total. The number of benzene rings is 1. The molecule has 1 amide bonds. The Kier molecular flexibility index (Phi) is 8.85. The monoisotopic (exact) mass is 347 g/mol. The second-order valence-corrected chi connectivity index (χ2v) is 5.89. The maximum Gasteiger partial charge on any atom is 0.269 e. The Balaban J connectivity index is 2.42. The normalized spacial score (nSPS) is 11.0. The topological polar surface area (TPSA) is 40.5 Å². The van der Waals surface area contributed by atoms with Crippen LogP contribution >= 0.6 is 35.8 Å². The standard InChI is InChI=1S/C15H19Cl2NO2S/c16-13-7-5-12(14(17)11-13)6-8-15(19)18(20)9-3-1-2-4-10-21/h5-8,11,20-21H,1-4,9-10H2/b8-6+. The van der Waals surface area contributed by atoms with Crippen LogP contribution in [0.25, 0.3) is 6.08 Å². The lowest BCUT2D eigenvalue weighted by atomic mass is 10.2. The van der Waals surface area contributed by atoms with Gasteiger partial charge in [0.15, 0.2) is 0 Å². The van der Waals surface area contributed by atoms with Gasteiger partial charge in [-0.15, -0.1) is 0 Å². The summed E-state index contributed by atoms with van der Waals surface area (Å²) in [4.78, 5) is 11.7. The van der Waals surface area contributed by atoms with Crippen LogP contribution < -0.4 is 0 Å². The molecule has 0 radical (unpaired) electrons. The predicted octanol–water partition coefficient (Wildman–Crippen LogP) is 4.71. The van der Waals surface area contributed by atoms with Crippen molar-refractivity contribution in [1.82, 2.24) is 5.06 Å². The van der Waals surface area contributed by atoms with E-state index in [1.54, 1.807) is 24.3 Å². The summed E-state index contributed by atoms with van der Waals surface area (Å²) in [5.74, 6) is 0.405. The molecule has 116 valence electrons. The molecule has 0 aliphatic carbocycles. The van der Waals surface area contributed by atoms with Gasteiger partial charge in [0.25, 0.3) is 5.91 Å². The Hall–Kier alpha value is -0.680. The molecule has 1 aromatic carbocycles. The third-order valence-electron chi connectivity index (χ3n) is 2.90. The fourth-order valence-electron chi connectivity index (χ4n) is 1.72. The number of thiol groups is 1. The van der Waals surface area contributed by atoms with Crippen LogP contribution in [-0.2, 0) is 4.79 Å². The van der Waals surface area contributed by atoms with Crippen molar-refractivity contribution < 1.29 is 10.0 Å². The summed E-state index contributed by atoms with van der Waals surface area (Å²) in [7, 11) is 0. The lowest BCUT2D eigenvalue weighted by Crippen LogP contribution is -2.26. The van der Waals surface area contributed by atoms with Crippen molar-refractivity contribution in [3.8, 4) is 0 Å². The fourth-order valence-corrected chi connectivity index (χ4v) is 2.42. The minimum atomic E-state index is -0.463. The van der Waals surface area contributed by atoms with Gasteiger partial charge < -0.3 is 0 Å². The number of carbonyl (C=O) groups excluding carboxylic acids is 1. The van der Waals surface area contributed by atoms with E-state index in [2.05, 4.69) is 12.6 Å². The molecule has 21 heavy (non-hydrogen) atoms. The number of hydrogen-bond acceptors (Lipinski definition) is 3. The first kappa shape index (κ1) is 18.4. The van der Waals surface area contributed by atoms with Gasteiger partial charge >= 0.3 is 0 Å². The van der Waals surface area contributed by atoms with E-state index in [1.165, 1.54) is 6.08 Å². The van der Waals surface area contributed by atoms with Gasteiger partial charge in [0.2, 0.25) is 0 Å². The third-order valence-corrected chi connectivity index (χ3v) is 3.78. The number of halogens is 2. The molecule has 0 aromatic heterocycles. The van der Waals surface area contributed by atoms with Gasteiger partial charge in [-0.05, 0) is 42.4 Å². The first-order chi connectivity index (χ1) is 10.0. The largest absolute Gasteiger partial charge is 0.286 e. The van der Waals surface area contributed by atoms with Gasteiger partial charge in [-0.1, -0.05) is 42.1 Å². The highest BCUT2D eigenvalue weighted by Gasteiger charge is 2.07. The van der Waals surface area contributed by atoms with Crippen LogP contribution in [0.4, 0.5) is 0 Å². The molecule has 0 unspecified atom stereocenters. The number of unbranched alkanes of at least 4 members (excludes halogenated alkanes) is 3. The number of rotatable bonds is 8. The van der Waals surface area contributed by atoms with E-state index in [9.17, 15) is 10.0 Å². The Bertz CT molecular complexity index is 495. The van der Waals surface area contributed by atoms with Gasteiger partial charge in [0.05, 0.1) is 0 Å². The van der Waals surface area contributed by atoms with Crippen molar-refractivity contribution in [2.24, 2.45) is 0 Å². The van der Waals surface area contributed by atoms with Gasteiger partial charge in [-0.3, -0.25) is 10.0 Å². The second kappa shape index (κ2) is 10.1. The fraction of sp³-hybridized carbons (Fsp3) is 0.400. The quantitative estimate of drug-likeness (QED) is 0.235. The number of carbonyl (C=O) groups is 1. The van der Waals surface area contributed by atoms with Crippen LogP contribution in [0.3, 0.4) is 0 Å². The Morgan fingerprint density at radius 2 is 1.95 bits per heavy atom. The number of amides is 1. The van der Waals surface area contributed by atoms with E-state index in [1.807, 2.05) is 0 Å².